The number of hydrogen-bond donors (Lipinski definition) is 0. The predicted molar refractivity (Wildman–Crippen MR) is 122 cm³/mol. The molecule has 8 nitrogen and oxygen atoms in total. The Morgan fingerprint density at radius 1 is 1.00 bits per heavy atom. The van der Waals surface area contributed by atoms with Gasteiger partial charge in [-0.2, -0.15) is 10.1 Å². The number of tetrazole rings is 1. The molecule has 1 atom stereocenters. The molecule has 164 valence electrons. The van der Waals surface area contributed by atoms with Crippen LogP contribution >= 0.6 is 0 Å². The zero-order valence-corrected chi connectivity index (χ0v) is 18.4. The van der Waals surface area contributed by atoms with Crippen LogP contribution < -0.4 is 4.90 Å². The summed E-state index contributed by atoms with van der Waals surface area (Å²) >= 11 is 0. The first-order valence-corrected chi connectivity index (χ1v) is 11.0. The van der Waals surface area contributed by atoms with Crippen molar-refractivity contribution in [3.63, 3.8) is 0 Å². The number of anilines is 1. The van der Waals surface area contributed by atoms with Crippen LogP contribution in [0, 0.1) is 17.2 Å². The highest BCUT2D eigenvalue weighted by molar-refractivity contribution is 5.80. The van der Waals surface area contributed by atoms with Crippen molar-refractivity contribution in [2.24, 2.45) is 5.92 Å². The molecule has 2 aromatic carbocycles. The first-order chi connectivity index (χ1) is 15.6. The van der Waals surface area contributed by atoms with Crippen molar-refractivity contribution in [2.45, 2.75) is 26.3 Å². The minimum absolute atomic E-state index is 0.0261. The van der Waals surface area contributed by atoms with E-state index in [1.807, 2.05) is 73.3 Å². The van der Waals surface area contributed by atoms with Crippen LogP contribution in [0.1, 0.15) is 31.9 Å². The zero-order valence-electron chi connectivity index (χ0n) is 18.4. The Labute approximate surface area is 188 Å². The largest absolute Gasteiger partial charge is 0.370 e. The Bertz CT molecular complexity index is 1090. The van der Waals surface area contributed by atoms with Crippen molar-refractivity contribution in [2.75, 3.05) is 31.1 Å². The van der Waals surface area contributed by atoms with Crippen LogP contribution in [0.25, 0.3) is 11.4 Å². The third-order valence-electron chi connectivity index (χ3n) is 5.76. The topological polar surface area (TPSA) is 90.9 Å². The van der Waals surface area contributed by atoms with E-state index >= 15 is 0 Å². The van der Waals surface area contributed by atoms with Gasteiger partial charge in [0.25, 0.3) is 0 Å². The number of nitriles is 1. The minimum atomic E-state index is -0.499. The Balaban J connectivity index is 1.48. The SMILES string of the molecule is CC(C)C(C(=O)N1CCCN(c2ccc(C#N)cc2)CC1)n1nnc(-c2ccccc2)n1. The van der Waals surface area contributed by atoms with Crippen LogP contribution in [0.5, 0.6) is 0 Å². The van der Waals surface area contributed by atoms with E-state index in [1.54, 1.807) is 0 Å². The van der Waals surface area contributed by atoms with Gasteiger partial charge in [0.15, 0.2) is 6.04 Å². The first-order valence-electron chi connectivity index (χ1n) is 11.0. The van der Waals surface area contributed by atoms with E-state index in [9.17, 15) is 4.79 Å². The van der Waals surface area contributed by atoms with Gasteiger partial charge in [0.05, 0.1) is 11.6 Å². The summed E-state index contributed by atoms with van der Waals surface area (Å²) in [6.07, 6.45) is 0.872. The monoisotopic (exact) mass is 429 g/mol. The van der Waals surface area contributed by atoms with Crippen molar-refractivity contribution in [1.82, 2.24) is 25.1 Å². The molecule has 32 heavy (non-hydrogen) atoms. The van der Waals surface area contributed by atoms with Crippen LogP contribution in [0.2, 0.25) is 0 Å². The van der Waals surface area contributed by atoms with Crippen molar-refractivity contribution in [3.05, 3.63) is 60.2 Å². The quantitative estimate of drug-likeness (QED) is 0.619. The van der Waals surface area contributed by atoms with E-state index < -0.39 is 6.04 Å². The molecule has 0 radical (unpaired) electrons. The van der Waals surface area contributed by atoms with E-state index in [0.717, 1.165) is 30.8 Å². The lowest BCUT2D eigenvalue weighted by Gasteiger charge is -2.28. The second-order valence-corrected chi connectivity index (χ2v) is 8.31. The molecule has 8 heteroatoms. The third-order valence-corrected chi connectivity index (χ3v) is 5.76. The molecule has 2 heterocycles. The van der Waals surface area contributed by atoms with E-state index in [0.29, 0.717) is 24.5 Å². The predicted octanol–water partition coefficient (Wildman–Crippen LogP) is 3.15. The van der Waals surface area contributed by atoms with Crippen molar-refractivity contribution < 1.29 is 4.79 Å². The third kappa shape index (κ3) is 4.62. The molecule has 1 unspecified atom stereocenters. The average Bonchev–Trinajstić information content (AvgIpc) is 3.16. The van der Waals surface area contributed by atoms with Crippen molar-refractivity contribution in [3.8, 4) is 17.5 Å². The Morgan fingerprint density at radius 3 is 2.44 bits per heavy atom. The molecule has 4 rings (SSSR count). The normalized spacial score (nSPS) is 15.3. The fourth-order valence-corrected chi connectivity index (χ4v) is 4.03. The van der Waals surface area contributed by atoms with Gasteiger partial charge >= 0.3 is 0 Å². The van der Waals surface area contributed by atoms with Gasteiger partial charge in [-0.25, -0.2) is 0 Å². The second kappa shape index (κ2) is 9.60. The van der Waals surface area contributed by atoms with Gasteiger partial charge in [-0.1, -0.05) is 44.2 Å². The lowest BCUT2D eigenvalue weighted by atomic mass is 10.0. The first kappa shape index (κ1) is 21.5. The highest BCUT2D eigenvalue weighted by Gasteiger charge is 2.32. The number of rotatable bonds is 5. The summed E-state index contributed by atoms with van der Waals surface area (Å²) in [5.41, 5.74) is 2.60. The molecule has 1 fully saturated rings. The highest BCUT2D eigenvalue weighted by atomic mass is 16.2. The van der Waals surface area contributed by atoms with Gasteiger partial charge in [-0.05, 0) is 41.8 Å². The van der Waals surface area contributed by atoms with Gasteiger partial charge in [-0.3, -0.25) is 4.79 Å². The summed E-state index contributed by atoms with van der Waals surface area (Å²) in [6, 6.07) is 18.9. The summed E-state index contributed by atoms with van der Waals surface area (Å²) in [6.45, 7) is 6.94. The molecule has 0 bridgehead atoms. The van der Waals surface area contributed by atoms with Crippen LogP contribution in [0.15, 0.2) is 54.6 Å². The summed E-state index contributed by atoms with van der Waals surface area (Å²) in [7, 11) is 0. The number of hydrogen-bond acceptors (Lipinski definition) is 6. The maximum absolute atomic E-state index is 13.5. The number of carbonyl (C=O) groups is 1. The summed E-state index contributed by atoms with van der Waals surface area (Å²) in [5, 5.41) is 21.9. The standard InChI is InChI=1S/C24H27N7O/c1-18(2)22(31-27-23(26-28-31)20-7-4-3-5-8-20)24(32)30-14-6-13-29(15-16-30)21-11-9-19(17-25)10-12-21/h3-5,7-12,18,22H,6,13-16H2,1-2H3. The van der Waals surface area contributed by atoms with Gasteiger partial charge in [-0.15, -0.1) is 10.2 Å². The van der Waals surface area contributed by atoms with Gasteiger partial charge in [0, 0.05) is 37.4 Å². The van der Waals surface area contributed by atoms with E-state index in [2.05, 4.69) is 26.4 Å². The maximum atomic E-state index is 13.5. The van der Waals surface area contributed by atoms with Gasteiger partial charge in [0.2, 0.25) is 11.7 Å². The average molecular weight is 430 g/mol. The minimum Gasteiger partial charge on any atom is -0.370 e. The Kier molecular flexibility index (Phi) is 6.45. The number of amides is 1. The number of carbonyl (C=O) groups excluding carboxylic acids is 1. The number of nitrogens with zero attached hydrogens (tertiary/aromatic N) is 7. The molecule has 0 saturated carbocycles. The maximum Gasteiger partial charge on any atom is 0.249 e. The zero-order chi connectivity index (χ0) is 22.5. The smallest absolute Gasteiger partial charge is 0.249 e. The molecule has 0 spiro atoms. The lowest BCUT2D eigenvalue weighted by Crippen LogP contribution is -2.42. The molecule has 0 N–H and O–H groups in total. The Morgan fingerprint density at radius 2 is 1.75 bits per heavy atom. The fraction of sp³-hybridized carbons (Fsp3) is 0.375. The van der Waals surface area contributed by atoms with Crippen LogP contribution in [-0.4, -0.2) is 57.2 Å². The van der Waals surface area contributed by atoms with Crippen molar-refractivity contribution >= 4 is 11.6 Å². The van der Waals surface area contributed by atoms with Crippen molar-refractivity contribution in [1.29, 1.82) is 5.26 Å². The van der Waals surface area contributed by atoms with Crippen LogP contribution in [0.4, 0.5) is 5.69 Å². The molecule has 1 amide bonds. The Hall–Kier alpha value is -3.73. The molecule has 1 saturated heterocycles. The molecule has 1 aromatic heterocycles. The number of benzene rings is 2. The summed E-state index contributed by atoms with van der Waals surface area (Å²) in [5.74, 6) is 0.573. The van der Waals surface area contributed by atoms with E-state index in [-0.39, 0.29) is 11.8 Å². The molecule has 1 aliphatic rings. The van der Waals surface area contributed by atoms with Gasteiger partial charge in [0.1, 0.15) is 0 Å². The van der Waals surface area contributed by atoms with Crippen LogP contribution in [-0.2, 0) is 4.79 Å². The van der Waals surface area contributed by atoms with Gasteiger partial charge < -0.3 is 9.80 Å². The highest BCUT2D eigenvalue weighted by Crippen LogP contribution is 2.23. The molecular formula is C24H27N7O. The van der Waals surface area contributed by atoms with E-state index in [1.165, 1.54) is 4.80 Å². The molecule has 0 aliphatic carbocycles. The molecule has 3 aromatic rings. The number of aromatic nitrogens is 4. The van der Waals surface area contributed by atoms with E-state index in [4.69, 9.17) is 5.26 Å². The molecule has 1 aliphatic heterocycles. The summed E-state index contributed by atoms with van der Waals surface area (Å²) in [4.78, 5) is 19.2. The second-order valence-electron chi connectivity index (χ2n) is 8.31. The molecular weight excluding hydrogens is 402 g/mol. The summed E-state index contributed by atoms with van der Waals surface area (Å²) < 4.78 is 0. The fourth-order valence-electron chi connectivity index (χ4n) is 4.03. The lowest BCUT2D eigenvalue weighted by molar-refractivity contribution is -0.136. The van der Waals surface area contributed by atoms with Crippen LogP contribution in [0.3, 0.4) is 0 Å².